The van der Waals surface area contributed by atoms with Crippen LogP contribution < -0.4 is 23.8 Å². The fraction of sp³-hybridized carbons (Fsp3) is 0.286. The van der Waals surface area contributed by atoms with Crippen LogP contribution in [-0.2, 0) is 9.59 Å². The molecule has 0 bridgehead atoms. The molecule has 2 aromatic carbocycles. The SMILES string of the molecule is COc1ccc(N2C=NC(C(=O)C=O)C2c2cc(OC)c(OC)c(OC)c2)cc1[N+](=O)[O-]. The number of ether oxygens (including phenoxy) is 4. The molecule has 0 spiro atoms. The molecular weight excluding hydrogens is 422 g/mol. The maximum Gasteiger partial charge on any atom is 0.312 e. The Morgan fingerprint density at radius 1 is 1.03 bits per heavy atom. The van der Waals surface area contributed by atoms with Gasteiger partial charge in [0, 0.05) is 11.8 Å². The number of carbonyl (C=O) groups excluding carboxylic acids is 2. The first-order valence-electron chi connectivity index (χ1n) is 9.33. The summed E-state index contributed by atoms with van der Waals surface area (Å²) in [6.07, 6.45) is 1.57. The fourth-order valence-corrected chi connectivity index (χ4v) is 3.57. The number of methoxy groups -OCH3 is 4. The smallest absolute Gasteiger partial charge is 0.312 e. The Morgan fingerprint density at radius 3 is 2.16 bits per heavy atom. The zero-order valence-electron chi connectivity index (χ0n) is 17.8. The molecule has 1 aliphatic rings. The molecule has 11 nitrogen and oxygen atoms in total. The van der Waals surface area contributed by atoms with Gasteiger partial charge < -0.3 is 23.8 Å². The van der Waals surface area contributed by atoms with E-state index in [0.717, 1.165) is 0 Å². The lowest BCUT2D eigenvalue weighted by molar-refractivity contribution is -0.385. The van der Waals surface area contributed by atoms with Gasteiger partial charge in [0.2, 0.25) is 11.5 Å². The van der Waals surface area contributed by atoms with Crippen LogP contribution in [0.1, 0.15) is 11.6 Å². The van der Waals surface area contributed by atoms with Crippen LogP contribution in [0.15, 0.2) is 35.3 Å². The maximum absolute atomic E-state index is 12.4. The molecule has 0 saturated heterocycles. The molecule has 1 heterocycles. The van der Waals surface area contributed by atoms with Crippen molar-refractivity contribution in [2.24, 2.45) is 4.99 Å². The van der Waals surface area contributed by atoms with Crippen LogP contribution in [0.25, 0.3) is 0 Å². The summed E-state index contributed by atoms with van der Waals surface area (Å²) in [7, 11) is 5.69. The summed E-state index contributed by atoms with van der Waals surface area (Å²) >= 11 is 0. The van der Waals surface area contributed by atoms with E-state index < -0.39 is 22.8 Å². The first-order chi connectivity index (χ1) is 15.4. The number of hydrogen-bond acceptors (Lipinski definition) is 10. The van der Waals surface area contributed by atoms with Gasteiger partial charge in [0.1, 0.15) is 6.04 Å². The predicted molar refractivity (Wildman–Crippen MR) is 114 cm³/mol. The lowest BCUT2D eigenvalue weighted by Gasteiger charge is -2.28. The lowest BCUT2D eigenvalue weighted by Crippen LogP contribution is -2.33. The number of rotatable bonds is 9. The summed E-state index contributed by atoms with van der Waals surface area (Å²) in [6, 6.07) is 5.75. The van der Waals surface area contributed by atoms with Crippen LogP contribution in [0.3, 0.4) is 0 Å². The second-order valence-corrected chi connectivity index (χ2v) is 6.65. The first-order valence-corrected chi connectivity index (χ1v) is 9.33. The number of hydrogen-bond donors (Lipinski definition) is 0. The van der Waals surface area contributed by atoms with Crippen molar-refractivity contribution in [3.8, 4) is 23.0 Å². The minimum absolute atomic E-state index is 0.0831. The summed E-state index contributed by atoms with van der Waals surface area (Å²) in [6.45, 7) is 0. The molecule has 0 aromatic heterocycles. The number of anilines is 1. The molecule has 0 fully saturated rings. The Bertz CT molecular complexity index is 1060. The van der Waals surface area contributed by atoms with E-state index >= 15 is 0 Å². The van der Waals surface area contributed by atoms with Crippen molar-refractivity contribution in [2.75, 3.05) is 33.3 Å². The van der Waals surface area contributed by atoms with Crippen LogP contribution in [0.4, 0.5) is 11.4 Å². The van der Waals surface area contributed by atoms with Crippen molar-refractivity contribution in [3.63, 3.8) is 0 Å². The van der Waals surface area contributed by atoms with Gasteiger partial charge in [-0.25, -0.2) is 0 Å². The molecule has 168 valence electrons. The molecule has 32 heavy (non-hydrogen) atoms. The highest BCUT2D eigenvalue weighted by atomic mass is 16.6. The average Bonchev–Trinajstić information content (AvgIpc) is 3.27. The lowest BCUT2D eigenvalue weighted by atomic mass is 9.95. The molecule has 2 atom stereocenters. The van der Waals surface area contributed by atoms with Crippen LogP contribution in [0.5, 0.6) is 23.0 Å². The Balaban J connectivity index is 2.18. The van der Waals surface area contributed by atoms with Gasteiger partial charge in [-0.05, 0) is 29.8 Å². The van der Waals surface area contributed by atoms with E-state index in [0.29, 0.717) is 28.5 Å². The second kappa shape index (κ2) is 9.33. The van der Waals surface area contributed by atoms with Crippen molar-refractivity contribution in [1.29, 1.82) is 0 Å². The van der Waals surface area contributed by atoms with Gasteiger partial charge in [-0.1, -0.05) is 0 Å². The molecule has 0 aliphatic carbocycles. The highest BCUT2D eigenvalue weighted by molar-refractivity contribution is 6.28. The van der Waals surface area contributed by atoms with E-state index in [-0.39, 0.29) is 17.7 Å². The van der Waals surface area contributed by atoms with Crippen LogP contribution in [0.2, 0.25) is 0 Å². The Labute approximate surface area is 183 Å². The maximum atomic E-state index is 12.4. The molecule has 3 rings (SSSR count). The third kappa shape index (κ3) is 3.92. The van der Waals surface area contributed by atoms with Crippen molar-refractivity contribution < 1.29 is 33.5 Å². The average molecular weight is 443 g/mol. The van der Waals surface area contributed by atoms with E-state index in [1.165, 1.54) is 46.9 Å². The molecule has 1 aliphatic heterocycles. The molecule has 2 aromatic rings. The van der Waals surface area contributed by atoms with Crippen molar-refractivity contribution >= 4 is 29.8 Å². The van der Waals surface area contributed by atoms with Crippen LogP contribution in [0, 0.1) is 10.1 Å². The van der Waals surface area contributed by atoms with E-state index in [1.807, 2.05) is 0 Å². The van der Waals surface area contributed by atoms with E-state index in [1.54, 1.807) is 23.1 Å². The van der Waals surface area contributed by atoms with Gasteiger partial charge in [0.05, 0.1) is 45.7 Å². The van der Waals surface area contributed by atoms with Gasteiger partial charge >= 0.3 is 5.69 Å². The van der Waals surface area contributed by atoms with E-state index in [2.05, 4.69) is 4.99 Å². The van der Waals surface area contributed by atoms with Gasteiger partial charge in [-0.15, -0.1) is 0 Å². The third-order valence-corrected chi connectivity index (χ3v) is 5.04. The molecule has 0 radical (unpaired) electrons. The Hall–Kier alpha value is -4.15. The molecule has 0 N–H and O–H groups in total. The molecule has 11 heteroatoms. The first kappa shape index (κ1) is 22.5. The minimum Gasteiger partial charge on any atom is -0.493 e. The number of aldehydes is 1. The molecule has 0 saturated carbocycles. The van der Waals surface area contributed by atoms with Gasteiger partial charge in [-0.3, -0.25) is 24.7 Å². The highest BCUT2D eigenvalue weighted by Gasteiger charge is 2.39. The largest absolute Gasteiger partial charge is 0.493 e. The van der Waals surface area contributed by atoms with Crippen molar-refractivity contribution in [1.82, 2.24) is 0 Å². The number of nitrogens with zero attached hydrogens (tertiary/aromatic N) is 3. The standard InChI is InChI=1S/C21H21N3O8/c1-29-16-6-5-13(9-14(16)24(27)28)23-11-22-19(15(26)10-25)20(23)12-7-17(30-2)21(32-4)18(8-12)31-3/h5-11,19-20H,1-4H3. The number of nitro benzene ring substituents is 1. The number of carbonyl (C=O) groups is 2. The van der Waals surface area contributed by atoms with E-state index in [9.17, 15) is 19.7 Å². The topological polar surface area (TPSA) is 130 Å². The summed E-state index contributed by atoms with van der Waals surface area (Å²) in [5.41, 5.74) is 0.643. The van der Waals surface area contributed by atoms with Gasteiger partial charge in [0.15, 0.2) is 23.5 Å². The zero-order chi connectivity index (χ0) is 23.4. The number of nitro groups is 1. The Morgan fingerprint density at radius 2 is 1.66 bits per heavy atom. The number of benzene rings is 2. The summed E-state index contributed by atoms with van der Waals surface area (Å²) in [5.74, 6) is 0.367. The fourth-order valence-electron chi connectivity index (χ4n) is 3.57. The molecular formula is C21H21N3O8. The minimum atomic E-state index is -1.07. The van der Waals surface area contributed by atoms with Crippen molar-refractivity contribution in [2.45, 2.75) is 12.1 Å². The molecule has 2 unspecified atom stereocenters. The van der Waals surface area contributed by atoms with Gasteiger partial charge in [0.25, 0.3) is 0 Å². The van der Waals surface area contributed by atoms with Crippen molar-refractivity contribution in [3.05, 3.63) is 46.0 Å². The highest BCUT2D eigenvalue weighted by Crippen LogP contribution is 2.44. The quantitative estimate of drug-likeness (QED) is 0.248. The summed E-state index contributed by atoms with van der Waals surface area (Å²) in [4.78, 5) is 40.3. The summed E-state index contributed by atoms with van der Waals surface area (Å²) in [5, 5.41) is 11.5. The van der Waals surface area contributed by atoms with Crippen LogP contribution >= 0.6 is 0 Å². The van der Waals surface area contributed by atoms with Crippen LogP contribution in [-0.4, -0.2) is 57.8 Å². The Kier molecular flexibility index (Phi) is 6.57. The second-order valence-electron chi connectivity index (χ2n) is 6.65. The molecule has 0 amide bonds. The predicted octanol–water partition coefficient (Wildman–Crippen LogP) is 2.36. The third-order valence-electron chi connectivity index (χ3n) is 5.04. The van der Waals surface area contributed by atoms with E-state index in [4.69, 9.17) is 18.9 Å². The summed E-state index contributed by atoms with van der Waals surface area (Å²) < 4.78 is 21.2. The zero-order valence-corrected chi connectivity index (χ0v) is 17.8. The number of Topliss-reactive ketones (excluding diaryl/α,β-unsaturated/α-hetero) is 1. The van der Waals surface area contributed by atoms with Gasteiger partial charge in [-0.2, -0.15) is 0 Å². The number of aliphatic imine (C=N–C) groups is 1. The normalized spacial score (nSPS) is 17.1. The number of ketones is 1. The monoisotopic (exact) mass is 443 g/mol.